The molecule has 1 aromatic heterocycles. The van der Waals surface area contributed by atoms with Crippen LogP contribution in [0.25, 0.3) is 0 Å². The van der Waals surface area contributed by atoms with Crippen LogP contribution in [-0.4, -0.2) is 17.8 Å². The molecule has 0 saturated heterocycles. The molecule has 1 N–H and O–H groups in total. The molecule has 0 spiro atoms. The number of aromatic nitrogens is 1. The van der Waals surface area contributed by atoms with E-state index in [1.165, 1.54) is 4.88 Å². The highest BCUT2D eigenvalue weighted by atomic mass is 32.1. The quantitative estimate of drug-likeness (QED) is 0.469. The largest absolute Gasteiger partial charge is 0.493 e. The number of anilines is 1. The van der Waals surface area contributed by atoms with E-state index in [-0.39, 0.29) is 0 Å². The van der Waals surface area contributed by atoms with Crippen LogP contribution >= 0.6 is 11.3 Å². The maximum Gasteiger partial charge on any atom is 0.203 e. The zero-order valence-electron chi connectivity index (χ0n) is 12.7. The van der Waals surface area contributed by atoms with Gasteiger partial charge in [0.05, 0.1) is 18.5 Å². The van der Waals surface area contributed by atoms with E-state index in [4.69, 9.17) is 4.74 Å². The number of aryl methyl sites for hydroxylation is 2. The van der Waals surface area contributed by atoms with E-state index in [0.29, 0.717) is 0 Å². The van der Waals surface area contributed by atoms with Crippen LogP contribution in [0.1, 0.15) is 35.9 Å². The van der Waals surface area contributed by atoms with Crippen molar-refractivity contribution in [2.75, 3.05) is 12.0 Å². The predicted molar refractivity (Wildman–Crippen MR) is 89.6 cm³/mol. The van der Waals surface area contributed by atoms with Crippen molar-refractivity contribution in [2.24, 2.45) is 5.10 Å². The Labute approximate surface area is 129 Å². The first-order valence-electron chi connectivity index (χ1n) is 7.15. The van der Waals surface area contributed by atoms with E-state index in [1.54, 1.807) is 17.6 Å². The Morgan fingerprint density at radius 1 is 1.33 bits per heavy atom. The molecule has 0 aliphatic heterocycles. The smallest absolute Gasteiger partial charge is 0.203 e. The molecular weight excluding hydrogens is 282 g/mol. The molecule has 0 atom stereocenters. The molecule has 0 radical (unpaired) electrons. The normalized spacial score (nSPS) is 11.0. The van der Waals surface area contributed by atoms with Crippen molar-refractivity contribution >= 4 is 22.7 Å². The number of unbranched alkanes of at least 4 members (excludes halogenated alkanes) is 1. The Morgan fingerprint density at radius 3 is 2.86 bits per heavy atom. The lowest BCUT2D eigenvalue weighted by molar-refractivity contribution is 0.309. The van der Waals surface area contributed by atoms with Crippen LogP contribution in [0, 0.1) is 13.8 Å². The van der Waals surface area contributed by atoms with Crippen LogP contribution in [0.15, 0.2) is 29.4 Å². The minimum absolute atomic E-state index is 0.736. The van der Waals surface area contributed by atoms with E-state index in [1.807, 2.05) is 31.2 Å². The number of benzene rings is 1. The van der Waals surface area contributed by atoms with Crippen molar-refractivity contribution in [1.29, 1.82) is 0 Å². The number of hydrogen-bond acceptors (Lipinski definition) is 5. The molecule has 0 aliphatic rings. The van der Waals surface area contributed by atoms with Gasteiger partial charge in [0.25, 0.3) is 0 Å². The highest BCUT2D eigenvalue weighted by molar-refractivity contribution is 7.15. The van der Waals surface area contributed by atoms with Crippen LogP contribution in [0.3, 0.4) is 0 Å². The lowest BCUT2D eigenvalue weighted by Crippen LogP contribution is -2.00. The summed E-state index contributed by atoms with van der Waals surface area (Å²) in [6, 6.07) is 7.91. The van der Waals surface area contributed by atoms with Crippen molar-refractivity contribution in [1.82, 2.24) is 4.98 Å². The fraction of sp³-hybridized carbons (Fsp3) is 0.375. The molecule has 21 heavy (non-hydrogen) atoms. The molecule has 2 rings (SSSR count). The summed E-state index contributed by atoms with van der Waals surface area (Å²) in [5, 5.41) is 5.06. The van der Waals surface area contributed by atoms with Crippen molar-refractivity contribution in [3.63, 3.8) is 0 Å². The molecule has 0 bridgehead atoms. The second kappa shape index (κ2) is 7.78. The SMILES string of the molecule is CCCCOc1ccccc1/C=N\Nc1nc(C)c(C)s1. The molecule has 4 nitrogen and oxygen atoms in total. The van der Waals surface area contributed by atoms with E-state index in [0.717, 1.165) is 41.6 Å². The zero-order valence-corrected chi connectivity index (χ0v) is 13.5. The Kier molecular flexibility index (Phi) is 5.75. The molecule has 1 aromatic carbocycles. The number of para-hydroxylation sites is 1. The fourth-order valence-corrected chi connectivity index (χ4v) is 2.49. The summed E-state index contributed by atoms with van der Waals surface area (Å²) in [5.74, 6) is 0.864. The molecule has 0 aliphatic carbocycles. The van der Waals surface area contributed by atoms with Gasteiger partial charge >= 0.3 is 0 Å². The summed E-state index contributed by atoms with van der Waals surface area (Å²) in [6.07, 6.45) is 3.95. The average Bonchev–Trinajstić information content (AvgIpc) is 2.79. The van der Waals surface area contributed by atoms with Gasteiger partial charge in [0, 0.05) is 10.4 Å². The van der Waals surface area contributed by atoms with Gasteiger partial charge in [0.2, 0.25) is 5.13 Å². The highest BCUT2D eigenvalue weighted by Crippen LogP contribution is 2.21. The van der Waals surface area contributed by atoms with Crippen LogP contribution in [0.5, 0.6) is 5.75 Å². The van der Waals surface area contributed by atoms with E-state index in [9.17, 15) is 0 Å². The van der Waals surface area contributed by atoms with E-state index < -0.39 is 0 Å². The van der Waals surface area contributed by atoms with Gasteiger partial charge in [0.1, 0.15) is 5.75 Å². The molecule has 2 aromatic rings. The van der Waals surface area contributed by atoms with Crippen molar-refractivity contribution in [2.45, 2.75) is 33.6 Å². The van der Waals surface area contributed by atoms with Crippen molar-refractivity contribution < 1.29 is 4.74 Å². The van der Waals surface area contributed by atoms with Crippen LogP contribution in [0.4, 0.5) is 5.13 Å². The van der Waals surface area contributed by atoms with Gasteiger partial charge in [-0.25, -0.2) is 4.98 Å². The number of nitrogens with zero attached hydrogens (tertiary/aromatic N) is 2. The molecule has 0 fully saturated rings. The summed E-state index contributed by atoms with van der Waals surface area (Å²) in [6.45, 7) is 6.94. The number of rotatable bonds is 7. The Balaban J connectivity index is 1.99. The zero-order chi connectivity index (χ0) is 15.1. The molecule has 0 amide bonds. The fourth-order valence-electron chi connectivity index (χ4n) is 1.72. The number of nitrogens with one attached hydrogen (secondary N) is 1. The number of thiazole rings is 1. The maximum atomic E-state index is 5.77. The topological polar surface area (TPSA) is 46.5 Å². The molecule has 1 heterocycles. The van der Waals surface area contributed by atoms with Gasteiger partial charge in [-0.1, -0.05) is 25.5 Å². The van der Waals surface area contributed by atoms with Crippen LogP contribution in [0.2, 0.25) is 0 Å². The van der Waals surface area contributed by atoms with Gasteiger partial charge in [-0.3, -0.25) is 5.43 Å². The minimum atomic E-state index is 0.736. The molecular formula is C16H21N3OS. The molecule has 0 unspecified atom stereocenters. The van der Waals surface area contributed by atoms with Gasteiger partial charge in [-0.05, 0) is 32.4 Å². The lowest BCUT2D eigenvalue weighted by Gasteiger charge is -2.07. The first kappa shape index (κ1) is 15.5. The van der Waals surface area contributed by atoms with Crippen LogP contribution in [-0.2, 0) is 0 Å². The Morgan fingerprint density at radius 2 is 2.14 bits per heavy atom. The van der Waals surface area contributed by atoms with Gasteiger partial charge in [0.15, 0.2) is 0 Å². The number of hydrogen-bond donors (Lipinski definition) is 1. The molecule has 112 valence electrons. The first-order valence-corrected chi connectivity index (χ1v) is 7.97. The molecule has 0 saturated carbocycles. The Bertz CT molecular complexity index is 588. The van der Waals surface area contributed by atoms with Crippen molar-refractivity contribution in [3.05, 3.63) is 40.4 Å². The summed E-state index contributed by atoms with van der Waals surface area (Å²) in [7, 11) is 0. The first-order chi connectivity index (χ1) is 10.2. The Hall–Kier alpha value is -1.88. The number of hydrazone groups is 1. The minimum Gasteiger partial charge on any atom is -0.493 e. The summed E-state index contributed by atoms with van der Waals surface area (Å²) >= 11 is 1.60. The second-order valence-corrected chi connectivity index (χ2v) is 5.97. The summed E-state index contributed by atoms with van der Waals surface area (Å²) in [5.41, 5.74) is 4.98. The third-order valence-electron chi connectivity index (χ3n) is 3.07. The maximum absolute atomic E-state index is 5.77. The second-order valence-electron chi connectivity index (χ2n) is 4.77. The van der Waals surface area contributed by atoms with Crippen LogP contribution < -0.4 is 10.2 Å². The monoisotopic (exact) mass is 303 g/mol. The average molecular weight is 303 g/mol. The van der Waals surface area contributed by atoms with E-state index >= 15 is 0 Å². The third-order valence-corrected chi connectivity index (χ3v) is 4.04. The molecule has 5 heteroatoms. The van der Waals surface area contributed by atoms with E-state index in [2.05, 4.69) is 29.4 Å². The highest BCUT2D eigenvalue weighted by Gasteiger charge is 2.02. The number of ether oxygens (including phenoxy) is 1. The predicted octanol–water partition coefficient (Wildman–Crippen LogP) is 4.38. The third kappa shape index (κ3) is 4.56. The van der Waals surface area contributed by atoms with Gasteiger partial charge < -0.3 is 4.74 Å². The standard InChI is InChI=1S/C16H21N3OS/c1-4-5-10-20-15-9-7-6-8-14(15)11-17-19-16-18-12(2)13(3)21-16/h6-9,11H,4-5,10H2,1-3H3,(H,18,19)/b17-11-. The van der Waals surface area contributed by atoms with Crippen molar-refractivity contribution in [3.8, 4) is 5.75 Å². The van der Waals surface area contributed by atoms with Gasteiger partial charge in [-0.15, -0.1) is 11.3 Å². The lowest BCUT2D eigenvalue weighted by atomic mass is 10.2. The summed E-state index contributed by atoms with van der Waals surface area (Å²) < 4.78 is 5.77. The summed E-state index contributed by atoms with van der Waals surface area (Å²) in [4.78, 5) is 5.59. The van der Waals surface area contributed by atoms with Gasteiger partial charge in [-0.2, -0.15) is 5.10 Å².